The van der Waals surface area contributed by atoms with Gasteiger partial charge < -0.3 is 20.5 Å². The van der Waals surface area contributed by atoms with Crippen LogP contribution in [0.3, 0.4) is 0 Å². The van der Waals surface area contributed by atoms with Crippen LogP contribution in [0.2, 0.25) is 0 Å². The molecule has 0 radical (unpaired) electrons. The van der Waals surface area contributed by atoms with E-state index in [4.69, 9.17) is 10.8 Å². The number of amides is 1. The van der Waals surface area contributed by atoms with E-state index in [9.17, 15) is 9.59 Å². The Bertz CT molecular complexity index is 208. The highest BCUT2D eigenvalue weighted by Crippen LogP contribution is 1.92. The third-order valence-electron chi connectivity index (χ3n) is 1.62. The van der Waals surface area contributed by atoms with E-state index < -0.39 is 17.9 Å². The number of nitrogens with two attached hydrogens (primary N) is 1. The largest absolute Gasteiger partial charge is 0.464 e. The lowest BCUT2D eigenvalue weighted by atomic mass is 10.3. The van der Waals surface area contributed by atoms with E-state index in [-0.39, 0.29) is 19.8 Å². The lowest BCUT2D eigenvalue weighted by Crippen LogP contribution is -2.48. The monoisotopic (exact) mass is 204 g/mol. The second kappa shape index (κ2) is 6.33. The van der Waals surface area contributed by atoms with E-state index in [1.807, 2.05) is 0 Å². The smallest absolute Gasteiger partial charge is 0.332 e. The molecule has 0 aliphatic rings. The van der Waals surface area contributed by atoms with Crippen LogP contribution in [0, 0.1) is 0 Å². The minimum absolute atomic E-state index is 0.145. The number of esters is 1. The van der Waals surface area contributed by atoms with Gasteiger partial charge in [0.25, 0.3) is 5.91 Å². The van der Waals surface area contributed by atoms with Gasteiger partial charge in [-0.05, 0) is 6.92 Å². The summed E-state index contributed by atoms with van der Waals surface area (Å²) in [6, 6.07) is -1.30. The summed E-state index contributed by atoms with van der Waals surface area (Å²) in [5.74, 6) is -1.31. The zero-order chi connectivity index (χ0) is 11.1. The standard InChI is InChI=1S/C8H16N2O4/c1-3-14-8(13)6(9)7(12)10(2)4-5-11/h6,11H,3-5,9H2,1-2H3. The molecule has 0 saturated carbocycles. The summed E-state index contributed by atoms with van der Waals surface area (Å²) < 4.78 is 4.58. The molecule has 0 bridgehead atoms. The zero-order valence-electron chi connectivity index (χ0n) is 8.40. The summed E-state index contributed by atoms with van der Waals surface area (Å²) in [6.07, 6.45) is 0. The number of rotatable bonds is 5. The van der Waals surface area contributed by atoms with Gasteiger partial charge in [0.1, 0.15) is 0 Å². The van der Waals surface area contributed by atoms with Crippen molar-refractivity contribution in [3.63, 3.8) is 0 Å². The van der Waals surface area contributed by atoms with Crippen LogP contribution >= 0.6 is 0 Å². The maximum absolute atomic E-state index is 11.3. The Morgan fingerprint density at radius 2 is 2.14 bits per heavy atom. The minimum Gasteiger partial charge on any atom is -0.464 e. The zero-order valence-corrected chi connectivity index (χ0v) is 8.40. The molecule has 0 spiro atoms. The van der Waals surface area contributed by atoms with Gasteiger partial charge >= 0.3 is 5.97 Å². The number of aliphatic hydroxyl groups is 1. The quantitative estimate of drug-likeness (QED) is 0.412. The van der Waals surface area contributed by atoms with Crippen LogP contribution in [0.5, 0.6) is 0 Å². The average molecular weight is 204 g/mol. The molecular weight excluding hydrogens is 188 g/mol. The van der Waals surface area contributed by atoms with Crippen LogP contribution < -0.4 is 5.73 Å². The molecule has 0 aromatic rings. The third kappa shape index (κ3) is 3.71. The second-order valence-electron chi connectivity index (χ2n) is 2.71. The molecule has 0 rings (SSSR count). The number of hydrogen-bond donors (Lipinski definition) is 2. The van der Waals surface area contributed by atoms with Crippen molar-refractivity contribution in [1.29, 1.82) is 0 Å². The van der Waals surface area contributed by atoms with Crippen molar-refractivity contribution >= 4 is 11.9 Å². The Labute approximate surface area is 82.6 Å². The van der Waals surface area contributed by atoms with Crippen LogP contribution in [0.25, 0.3) is 0 Å². The molecule has 0 aliphatic heterocycles. The summed E-state index contributed by atoms with van der Waals surface area (Å²) in [5, 5.41) is 8.56. The van der Waals surface area contributed by atoms with Crippen molar-refractivity contribution in [2.24, 2.45) is 5.73 Å². The maximum Gasteiger partial charge on any atom is 0.332 e. The first-order valence-corrected chi connectivity index (χ1v) is 4.32. The van der Waals surface area contributed by atoms with Crippen LogP contribution in [0.15, 0.2) is 0 Å². The van der Waals surface area contributed by atoms with Gasteiger partial charge in [-0.2, -0.15) is 0 Å². The van der Waals surface area contributed by atoms with Gasteiger partial charge in [-0.1, -0.05) is 0 Å². The van der Waals surface area contributed by atoms with Crippen molar-refractivity contribution in [2.75, 3.05) is 26.8 Å². The lowest BCUT2D eigenvalue weighted by molar-refractivity contribution is -0.150. The maximum atomic E-state index is 11.3. The number of carbonyl (C=O) groups excluding carboxylic acids is 2. The number of carbonyl (C=O) groups is 2. The van der Waals surface area contributed by atoms with Gasteiger partial charge in [0, 0.05) is 13.6 Å². The topological polar surface area (TPSA) is 92.9 Å². The van der Waals surface area contributed by atoms with Gasteiger partial charge in [0.2, 0.25) is 0 Å². The Morgan fingerprint density at radius 1 is 1.57 bits per heavy atom. The van der Waals surface area contributed by atoms with E-state index in [1.54, 1.807) is 6.92 Å². The summed E-state index contributed by atoms with van der Waals surface area (Å²) in [7, 11) is 1.46. The first-order valence-electron chi connectivity index (χ1n) is 4.32. The van der Waals surface area contributed by atoms with Gasteiger partial charge in [-0.15, -0.1) is 0 Å². The molecule has 0 aromatic carbocycles. The van der Waals surface area contributed by atoms with Crippen molar-refractivity contribution in [3.05, 3.63) is 0 Å². The molecule has 0 fully saturated rings. The fourth-order valence-corrected chi connectivity index (χ4v) is 0.830. The summed E-state index contributed by atoms with van der Waals surface area (Å²) >= 11 is 0. The van der Waals surface area contributed by atoms with Crippen LogP contribution in [-0.4, -0.2) is 54.7 Å². The predicted molar refractivity (Wildman–Crippen MR) is 49.3 cm³/mol. The predicted octanol–water partition coefficient (Wildman–Crippen LogP) is -1.67. The normalized spacial score (nSPS) is 12.0. The van der Waals surface area contributed by atoms with Crippen molar-refractivity contribution < 1.29 is 19.4 Å². The molecule has 1 amide bonds. The number of likely N-dealkylation sites (N-methyl/N-ethyl adjacent to an activating group) is 1. The summed E-state index contributed by atoms with van der Waals surface area (Å²) in [5.41, 5.74) is 5.33. The fourth-order valence-electron chi connectivity index (χ4n) is 0.830. The van der Waals surface area contributed by atoms with Crippen LogP contribution in [-0.2, 0) is 14.3 Å². The molecule has 0 aliphatic carbocycles. The van der Waals surface area contributed by atoms with Gasteiger partial charge in [-0.25, -0.2) is 4.79 Å². The molecule has 0 saturated heterocycles. The van der Waals surface area contributed by atoms with E-state index in [0.29, 0.717) is 0 Å². The average Bonchev–Trinajstić information content (AvgIpc) is 2.16. The van der Waals surface area contributed by atoms with Crippen LogP contribution in [0.1, 0.15) is 6.92 Å². The van der Waals surface area contributed by atoms with E-state index in [2.05, 4.69) is 4.74 Å². The van der Waals surface area contributed by atoms with Crippen molar-refractivity contribution in [2.45, 2.75) is 13.0 Å². The molecule has 0 aromatic heterocycles. The van der Waals surface area contributed by atoms with E-state index in [1.165, 1.54) is 11.9 Å². The van der Waals surface area contributed by atoms with Gasteiger partial charge in [0.15, 0.2) is 6.04 Å². The first-order chi connectivity index (χ1) is 6.54. The van der Waals surface area contributed by atoms with E-state index >= 15 is 0 Å². The Kier molecular flexibility index (Phi) is 5.82. The Hall–Kier alpha value is -1.14. The molecule has 6 nitrogen and oxygen atoms in total. The molecule has 14 heavy (non-hydrogen) atoms. The number of ether oxygens (including phenoxy) is 1. The van der Waals surface area contributed by atoms with Crippen LogP contribution in [0.4, 0.5) is 0 Å². The summed E-state index contributed by atoms with van der Waals surface area (Å²) in [6.45, 7) is 1.79. The van der Waals surface area contributed by atoms with Gasteiger partial charge in [0.05, 0.1) is 13.2 Å². The van der Waals surface area contributed by atoms with Crippen molar-refractivity contribution in [3.8, 4) is 0 Å². The Balaban J connectivity index is 4.16. The van der Waals surface area contributed by atoms with Crippen molar-refractivity contribution in [1.82, 2.24) is 4.90 Å². The first kappa shape index (κ1) is 12.9. The minimum atomic E-state index is -1.30. The molecular formula is C8H16N2O4. The molecule has 1 atom stereocenters. The van der Waals surface area contributed by atoms with E-state index in [0.717, 1.165) is 0 Å². The molecule has 3 N–H and O–H groups in total. The lowest BCUT2D eigenvalue weighted by Gasteiger charge is -2.18. The molecule has 82 valence electrons. The second-order valence-corrected chi connectivity index (χ2v) is 2.71. The third-order valence-corrected chi connectivity index (χ3v) is 1.62. The number of hydrogen-bond acceptors (Lipinski definition) is 5. The highest BCUT2D eigenvalue weighted by molar-refractivity contribution is 6.01. The number of nitrogens with zero attached hydrogens (tertiary/aromatic N) is 1. The fraction of sp³-hybridized carbons (Fsp3) is 0.750. The van der Waals surface area contributed by atoms with Gasteiger partial charge in [-0.3, -0.25) is 4.79 Å². The SMILES string of the molecule is CCOC(=O)C(N)C(=O)N(C)CCO. The number of aliphatic hydroxyl groups excluding tert-OH is 1. The molecule has 6 heteroatoms. The molecule has 1 unspecified atom stereocenters. The summed E-state index contributed by atoms with van der Waals surface area (Å²) in [4.78, 5) is 23.6. The molecule has 0 heterocycles. The highest BCUT2D eigenvalue weighted by Gasteiger charge is 2.25. The highest BCUT2D eigenvalue weighted by atomic mass is 16.5. The Morgan fingerprint density at radius 3 is 2.57 bits per heavy atom.